The summed E-state index contributed by atoms with van der Waals surface area (Å²) in [6, 6.07) is 13.2. The van der Waals surface area contributed by atoms with Gasteiger partial charge < -0.3 is 5.32 Å². The lowest BCUT2D eigenvalue weighted by atomic mass is 10.1. The molecule has 0 saturated heterocycles. The van der Waals surface area contributed by atoms with Crippen molar-refractivity contribution in [3.63, 3.8) is 0 Å². The molecule has 0 aliphatic rings. The van der Waals surface area contributed by atoms with Crippen molar-refractivity contribution in [2.24, 2.45) is 0 Å². The third kappa shape index (κ3) is 4.19. The predicted molar refractivity (Wildman–Crippen MR) is 114 cm³/mol. The highest BCUT2D eigenvalue weighted by Crippen LogP contribution is 2.27. The fraction of sp³-hybridized carbons (Fsp3) is 0.318. The van der Waals surface area contributed by atoms with Crippen LogP contribution in [0.25, 0.3) is 10.9 Å². The number of hydrogen-bond donors (Lipinski definition) is 2. The number of fused-ring (bicyclic) bond motifs is 1. The van der Waals surface area contributed by atoms with Crippen molar-refractivity contribution >= 4 is 28.5 Å². The minimum absolute atomic E-state index is 0.327. The van der Waals surface area contributed by atoms with Gasteiger partial charge in [0.2, 0.25) is 0 Å². The average molecular weight is 366 g/mol. The standard InChI is InChI=1S/C22H27N3S/c1-14-11-16(3)22(17(4)12-14)26-25-18(5)13-24-20-9-8-15(2)21-19(20)7-6-10-23-21/h6-12,18,24-25H,13H2,1-5H3. The Morgan fingerprint density at radius 2 is 1.73 bits per heavy atom. The van der Waals surface area contributed by atoms with E-state index in [1.807, 2.05) is 12.3 Å². The number of pyridine rings is 1. The molecule has 26 heavy (non-hydrogen) atoms. The first-order chi connectivity index (χ1) is 12.5. The average Bonchev–Trinajstić information content (AvgIpc) is 2.60. The van der Waals surface area contributed by atoms with E-state index in [2.05, 4.69) is 80.0 Å². The van der Waals surface area contributed by atoms with Crippen LogP contribution in [0.2, 0.25) is 0 Å². The van der Waals surface area contributed by atoms with Crippen LogP contribution in [0.15, 0.2) is 47.5 Å². The molecule has 3 nitrogen and oxygen atoms in total. The minimum Gasteiger partial charge on any atom is -0.383 e. The highest BCUT2D eigenvalue weighted by Gasteiger charge is 2.09. The molecular formula is C22H27N3S. The van der Waals surface area contributed by atoms with Crippen molar-refractivity contribution in [1.82, 2.24) is 9.71 Å². The molecule has 1 aromatic heterocycles. The predicted octanol–water partition coefficient (Wildman–Crippen LogP) is 5.57. The fourth-order valence-corrected chi connectivity index (χ4v) is 4.10. The molecule has 0 saturated carbocycles. The molecule has 3 aromatic rings. The molecule has 0 aliphatic heterocycles. The normalized spacial score (nSPS) is 12.3. The number of anilines is 1. The number of aromatic nitrogens is 1. The van der Waals surface area contributed by atoms with Gasteiger partial charge in [0.1, 0.15) is 0 Å². The van der Waals surface area contributed by atoms with E-state index in [-0.39, 0.29) is 0 Å². The van der Waals surface area contributed by atoms with Gasteiger partial charge >= 0.3 is 0 Å². The molecule has 0 amide bonds. The van der Waals surface area contributed by atoms with Gasteiger partial charge in [-0.2, -0.15) is 0 Å². The van der Waals surface area contributed by atoms with E-state index < -0.39 is 0 Å². The Morgan fingerprint density at radius 1 is 1.00 bits per heavy atom. The number of benzene rings is 2. The molecule has 2 aromatic carbocycles. The first-order valence-corrected chi connectivity index (χ1v) is 9.86. The lowest BCUT2D eigenvalue weighted by molar-refractivity contribution is 0.726. The Labute approximate surface area is 160 Å². The Balaban J connectivity index is 1.63. The van der Waals surface area contributed by atoms with E-state index in [9.17, 15) is 0 Å². The first-order valence-electron chi connectivity index (χ1n) is 9.04. The van der Waals surface area contributed by atoms with E-state index in [1.165, 1.54) is 32.5 Å². The van der Waals surface area contributed by atoms with Gasteiger partial charge in [0, 0.05) is 34.8 Å². The van der Waals surface area contributed by atoms with Gasteiger partial charge in [-0.05, 0) is 81.5 Å². The Bertz CT molecular complexity index is 897. The SMILES string of the molecule is Cc1cc(C)c(SNC(C)CNc2ccc(C)c3ncccc23)c(C)c1. The van der Waals surface area contributed by atoms with Gasteiger partial charge in [0.05, 0.1) is 5.52 Å². The quantitative estimate of drug-likeness (QED) is 0.560. The molecule has 0 bridgehead atoms. The van der Waals surface area contributed by atoms with Crippen LogP contribution in [-0.2, 0) is 0 Å². The summed E-state index contributed by atoms with van der Waals surface area (Å²) in [6.07, 6.45) is 1.85. The van der Waals surface area contributed by atoms with Crippen molar-refractivity contribution in [1.29, 1.82) is 0 Å². The van der Waals surface area contributed by atoms with Gasteiger partial charge in [0.15, 0.2) is 0 Å². The summed E-state index contributed by atoms with van der Waals surface area (Å²) < 4.78 is 3.57. The van der Waals surface area contributed by atoms with Gasteiger partial charge in [-0.15, -0.1) is 0 Å². The second-order valence-corrected chi connectivity index (χ2v) is 7.91. The molecule has 4 heteroatoms. The second kappa shape index (κ2) is 8.11. The monoisotopic (exact) mass is 365 g/mol. The van der Waals surface area contributed by atoms with Crippen LogP contribution in [0.4, 0.5) is 5.69 Å². The third-order valence-corrected chi connectivity index (χ3v) is 5.91. The summed E-state index contributed by atoms with van der Waals surface area (Å²) in [7, 11) is 0. The lowest BCUT2D eigenvalue weighted by Gasteiger charge is -2.18. The zero-order chi connectivity index (χ0) is 18.7. The van der Waals surface area contributed by atoms with E-state index in [0.717, 1.165) is 17.7 Å². The zero-order valence-corrected chi connectivity index (χ0v) is 17.0. The van der Waals surface area contributed by atoms with Crippen LogP contribution >= 0.6 is 11.9 Å². The number of nitrogens with one attached hydrogen (secondary N) is 2. The summed E-state index contributed by atoms with van der Waals surface area (Å²) in [5, 5.41) is 4.75. The number of hydrogen-bond acceptors (Lipinski definition) is 4. The van der Waals surface area contributed by atoms with Crippen LogP contribution < -0.4 is 10.0 Å². The maximum Gasteiger partial charge on any atom is 0.0751 e. The van der Waals surface area contributed by atoms with E-state index >= 15 is 0 Å². The highest BCUT2D eigenvalue weighted by atomic mass is 32.2. The van der Waals surface area contributed by atoms with Gasteiger partial charge in [-0.1, -0.05) is 23.8 Å². The second-order valence-electron chi connectivity index (χ2n) is 7.06. The molecule has 3 rings (SSSR count). The summed E-state index contributed by atoms with van der Waals surface area (Å²) >= 11 is 1.73. The van der Waals surface area contributed by atoms with Crippen LogP contribution in [0.3, 0.4) is 0 Å². The molecular weight excluding hydrogens is 338 g/mol. The molecule has 1 atom stereocenters. The van der Waals surface area contributed by atoms with Crippen LogP contribution in [0, 0.1) is 27.7 Å². The summed E-state index contributed by atoms with van der Waals surface area (Å²) in [6.45, 7) is 11.7. The molecule has 1 heterocycles. The van der Waals surface area contributed by atoms with E-state index in [4.69, 9.17) is 0 Å². The highest BCUT2D eigenvalue weighted by molar-refractivity contribution is 7.97. The van der Waals surface area contributed by atoms with Crippen molar-refractivity contribution in [3.05, 3.63) is 64.8 Å². The molecule has 2 N–H and O–H groups in total. The summed E-state index contributed by atoms with van der Waals surface area (Å²) in [5.74, 6) is 0. The van der Waals surface area contributed by atoms with Gasteiger partial charge in [-0.3, -0.25) is 9.71 Å². The Kier molecular flexibility index (Phi) is 5.84. The molecule has 0 radical (unpaired) electrons. The largest absolute Gasteiger partial charge is 0.383 e. The van der Waals surface area contributed by atoms with Crippen LogP contribution in [0.1, 0.15) is 29.2 Å². The maximum atomic E-state index is 4.51. The zero-order valence-electron chi connectivity index (χ0n) is 16.2. The van der Waals surface area contributed by atoms with Crippen molar-refractivity contribution in [3.8, 4) is 0 Å². The van der Waals surface area contributed by atoms with Gasteiger partial charge in [0.25, 0.3) is 0 Å². The van der Waals surface area contributed by atoms with Crippen molar-refractivity contribution in [2.45, 2.75) is 45.6 Å². The smallest absolute Gasteiger partial charge is 0.0751 e. The number of aryl methyl sites for hydroxylation is 4. The topological polar surface area (TPSA) is 37.0 Å². The molecule has 136 valence electrons. The lowest BCUT2D eigenvalue weighted by Crippen LogP contribution is -2.28. The van der Waals surface area contributed by atoms with E-state index in [1.54, 1.807) is 11.9 Å². The Hall–Kier alpha value is -2.04. The summed E-state index contributed by atoms with van der Waals surface area (Å²) in [5.41, 5.74) is 7.39. The van der Waals surface area contributed by atoms with Crippen molar-refractivity contribution in [2.75, 3.05) is 11.9 Å². The maximum absolute atomic E-state index is 4.51. The van der Waals surface area contributed by atoms with Gasteiger partial charge in [-0.25, -0.2) is 0 Å². The number of rotatable bonds is 6. The van der Waals surface area contributed by atoms with E-state index in [0.29, 0.717) is 6.04 Å². The first kappa shape index (κ1) is 18.7. The van der Waals surface area contributed by atoms with Crippen LogP contribution in [0.5, 0.6) is 0 Å². The molecule has 1 unspecified atom stereocenters. The molecule has 0 spiro atoms. The minimum atomic E-state index is 0.327. The number of nitrogens with zero attached hydrogens (tertiary/aromatic N) is 1. The third-order valence-electron chi connectivity index (χ3n) is 4.54. The summed E-state index contributed by atoms with van der Waals surface area (Å²) in [4.78, 5) is 5.84. The molecule has 0 fully saturated rings. The van der Waals surface area contributed by atoms with Crippen LogP contribution in [-0.4, -0.2) is 17.6 Å². The fourth-order valence-electron chi connectivity index (χ4n) is 3.26. The molecule has 0 aliphatic carbocycles. The Morgan fingerprint density at radius 3 is 2.46 bits per heavy atom. The van der Waals surface area contributed by atoms with Crippen molar-refractivity contribution < 1.29 is 0 Å².